The molecule has 2 aromatic rings. The molecule has 1 heterocycles. The minimum atomic E-state index is -4.06. The third-order valence-corrected chi connectivity index (χ3v) is 4.13. The van der Waals surface area contributed by atoms with Crippen LogP contribution in [0.2, 0.25) is 5.02 Å². The number of hydrogen-bond donors (Lipinski definition) is 2. The molecular formula is C14H13ClN2O6S. The minimum absolute atomic E-state index is 0.384. The molecule has 24 heavy (non-hydrogen) atoms. The van der Waals surface area contributed by atoms with Crippen LogP contribution in [0.3, 0.4) is 0 Å². The zero-order valence-electron chi connectivity index (χ0n) is 12.4. The summed E-state index contributed by atoms with van der Waals surface area (Å²) in [5.74, 6) is -1.97. The van der Waals surface area contributed by atoms with Gasteiger partial charge in [-0.2, -0.15) is 0 Å². The van der Waals surface area contributed by atoms with Gasteiger partial charge < -0.3 is 14.5 Å². The van der Waals surface area contributed by atoms with Crippen molar-refractivity contribution in [1.82, 2.24) is 0 Å². The van der Waals surface area contributed by atoms with E-state index in [1.165, 1.54) is 0 Å². The average molecular weight is 373 g/mol. The highest BCUT2D eigenvalue weighted by Crippen LogP contribution is 2.22. The van der Waals surface area contributed by atoms with Crippen molar-refractivity contribution in [2.75, 3.05) is 11.9 Å². The number of carbonyl (C=O) groups excluding carboxylic acids is 2. The largest absolute Gasteiger partial charge is 0.450 e. The number of ether oxygens (including phenoxy) is 1. The molecule has 0 saturated carbocycles. The average Bonchev–Trinajstić information content (AvgIpc) is 2.99. The Morgan fingerprint density at radius 1 is 1.29 bits per heavy atom. The van der Waals surface area contributed by atoms with Crippen molar-refractivity contribution < 1.29 is 27.2 Å². The fraction of sp³-hybridized carbons (Fsp3) is 0.143. The molecule has 2 rings (SSSR count). The number of esters is 1. The maximum Gasteiger partial charge on any atom is 0.374 e. The number of hydrogen-bond acceptors (Lipinski definition) is 6. The normalized spacial score (nSPS) is 11.1. The van der Waals surface area contributed by atoms with Crippen molar-refractivity contribution in [2.45, 2.75) is 12.0 Å². The first kappa shape index (κ1) is 18.0. The summed E-state index contributed by atoms with van der Waals surface area (Å²) in [4.78, 5) is 23.5. The van der Waals surface area contributed by atoms with E-state index in [1.54, 1.807) is 25.1 Å². The Labute approximate surface area is 142 Å². The number of sulfonamides is 1. The monoisotopic (exact) mass is 372 g/mol. The molecule has 1 amide bonds. The zero-order valence-corrected chi connectivity index (χ0v) is 14.0. The molecule has 10 heteroatoms. The summed E-state index contributed by atoms with van der Waals surface area (Å²) in [6.45, 7) is 1.14. The van der Waals surface area contributed by atoms with E-state index in [2.05, 4.69) is 5.32 Å². The number of amides is 1. The molecule has 0 aliphatic heterocycles. The molecule has 0 spiro atoms. The third-order valence-electron chi connectivity index (χ3n) is 2.94. The van der Waals surface area contributed by atoms with E-state index in [4.69, 9.17) is 25.9 Å². The first-order valence-corrected chi connectivity index (χ1v) is 8.45. The Bertz CT molecular complexity index is 890. The van der Waals surface area contributed by atoms with Crippen LogP contribution in [0.1, 0.15) is 16.1 Å². The number of primary sulfonamides is 1. The summed E-state index contributed by atoms with van der Waals surface area (Å²) in [7, 11) is -4.06. The predicted molar refractivity (Wildman–Crippen MR) is 85.2 cm³/mol. The highest BCUT2D eigenvalue weighted by molar-refractivity contribution is 7.89. The highest BCUT2D eigenvalue weighted by Gasteiger charge is 2.19. The second kappa shape index (κ2) is 7.04. The molecule has 0 aliphatic carbocycles. The molecule has 0 bridgehead atoms. The van der Waals surface area contributed by atoms with Gasteiger partial charge in [-0.25, -0.2) is 18.4 Å². The molecule has 0 saturated heterocycles. The van der Waals surface area contributed by atoms with E-state index in [0.717, 1.165) is 12.1 Å². The maximum absolute atomic E-state index is 11.8. The molecule has 0 fully saturated rings. The Balaban J connectivity index is 1.95. The van der Waals surface area contributed by atoms with E-state index >= 15 is 0 Å². The Hall–Kier alpha value is -2.36. The van der Waals surface area contributed by atoms with Gasteiger partial charge in [0.25, 0.3) is 15.9 Å². The Kier molecular flexibility index (Phi) is 5.27. The Morgan fingerprint density at radius 3 is 2.62 bits per heavy atom. The van der Waals surface area contributed by atoms with Gasteiger partial charge >= 0.3 is 5.97 Å². The molecule has 1 aromatic heterocycles. The number of nitrogens with two attached hydrogens (primary N) is 1. The number of nitrogens with one attached hydrogen (secondary N) is 1. The minimum Gasteiger partial charge on any atom is -0.450 e. The molecule has 0 radical (unpaired) electrons. The SMILES string of the molecule is Cc1c(Cl)cccc1NC(=O)COC(=O)c1ccc(S(N)(=O)=O)o1. The van der Waals surface area contributed by atoms with E-state index in [1.807, 2.05) is 0 Å². The van der Waals surface area contributed by atoms with Crippen LogP contribution in [0.15, 0.2) is 39.8 Å². The van der Waals surface area contributed by atoms with Gasteiger partial charge in [0.2, 0.25) is 10.9 Å². The summed E-state index contributed by atoms with van der Waals surface area (Å²) < 4.78 is 31.6. The van der Waals surface area contributed by atoms with Crippen molar-refractivity contribution in [3.8, 4) is 0 Å². The van der Waals surface area contributed by atoms with Crippen LogP contribution in [-0.4, -0.2) is 26.9 Å². The van der Waals surface area contributed by atoms with E-state index in [0.29, 0.717) is 16.3 Å². The van der Waals surface area contributed by atoms with Crippen LogP contribution in [0.5, 0.6) is 0 Å². The fourth-order valence-electron chi connectivity index (χ4n) is 1.71. The van der Waals surface area contributed by atoms with Gasteiger partial charge in [0, 0.05) is 10.7 Å². The molecule has 0 aliphatic rings. The standard InChI is InChI=1S/C14H13ClN2O6S/c1-8-9(15)3-2-4-10(8)17-12(18)7-22-14(19)11-5-6-13(23-11)24(16,20)21/h2-6H,7H2,1H3,(H,17,18)(H2,16,20,21). The lowest BCUT2D eigenvalue weighted by molar-refractivity contribution is -0.119. The van der Waals surface area contributed by atoms with Crippen molar-refractivity contribution in [1.29, 1.82) is 0 Å². The lowest BCUT2D eigenvalue weighted by Gasteiger charge is -2.09. The van der Waals surface area contributed by atoms with Crippen LogP contribution < -0.4 is 10.5 Å². The smallest absolute Gasteiger partial charge is 0.374 e. The van der Waals surface area contributed by atoms with Gasteiger partial charge in [-0.05, 0) is 36.8 Å². The number of halogens is 1. The van der Waals surface area contributed by atoms with Gasteiger partial charge in [-0.15, -0.1) is 0 Å². The summed E-state index contributed by atoms with van der Waals surface area (Å²) in [5.41, 5.74) is 1.15. The van der Waals surface area contributed by atoms with Crippen LogP contribution in [0.25, 0.3) is 0 Å². The number of carbonyl (C=O) groups is 2. The highest BCUT2D eigenvalue weighted by atomic mass is 35.5. The maximum atomic E-state index is 11.8. The van der Waals surface area contributed by atoms with Gasteiger partial charge in [0.15, 0.2) is 6.61 Å². The second-order valence-corrected chi connectivity index (χ2v) is 6.60. The number of furan rings is 1. The lowest BCUT2D eigenvalue weighted by atomic mass is 10.2. The molecule has 3 N–H and O–H groups in total. The zero-order chi connectivity index (χ0) is 17.9. The van der Waals surface area contributed by atoms with E-state index in [9.17, 15) is 18.0 Å². The Morgan fingerprint density at radius 2 is 2.00 bits per heavy atom. The summed E-state index contributed by atoms with van der Waals surface area (Å²) in [5, 5.41) is 7.30. The molecule has 8 nitrogen and oxygen atoms in total. The molecule has 1 aromatic carbocycles. The molecule has 128 valence electrons. The van der Waals surface area contributed by atoms with Gasteiger partial charge in [0.1, 0.15) is 0 Å². The summed E-state index contributed by atoms with van der Waals surface area (Å²) in [6.07, 6.45) is 0. The van der Waals surface area contributed by atoms with Gasteiger partial charge in [-0.3, -0.25) is 4.79 Å². The molecular weight excluding hydrogens is 360 g/mol. The van der Waals surface area contributed by atoms with Gasteiger partial charge in [0.05, 0.1) is 0 Å². The van der Waals surface area contributed by atoms with Crippen molar-refractivity contribution in [2.24, 2.45) is 5.14 Å². The van der Waals surface area contributed by atoms with Crippen molar-refractivity contribution in [3.63, 3.8) is 0 Å². The summed E-state index contributed by atoms with van der Waals surface area (Å²) in [6, 6.07) is 7.08. The number of benzene rings is 1. The molecule has 0 atom stereocenters. The first-order valence-electron chi connectivity index (χ1n) is 6.53. The quantitative estimate of drug-likeness (QED) is 0.768. The molecule has 0 unspecified atom stereocenters. The van der Waals surface area contributed by atoms with Gasteiger partial charge in [-0.1, -0.05) is 17.7 Å². The lowest BCUT2D eigenvalue weighted by Crippen LogP contribution is -2.21. The summed E-state index contributed by atoms with van der Waals surface area (Å²) >= 11 is 5.94. The van der Waals surface area contributed by atoms with Crippen molar-refractivity contribution >= 4 is 39.2 Å². The number of anilines is 1. The van der Waals surface area contributed by atoms with Crippen LogP contribution in [-0.2, 0) is 19.6 Å². The van der Waals surface area contributed by atoms with E-state index < -0.39 is 33.6 Å². The fourth-order valence-corrected chi connectivity index (χ4v) is 2.35. The van der Waals surface area contributed by atoms with Crippen molar-refractivity contribution in [3.05, 3.63) is 46.7 Å². The van der Waals surface area contributed by atoms with Crippen LogP contribution in [0.4, 0.5) is 5.69 Å². The van der Waals surface area contributed by atoms with E-state index in [-0.39, 0.29) is 5.76 Å². The topological polar surface area (TPSA) is 129 Å². The second-order valence-electron chi connectivity index (χ2n) is 4.70. The predicted octanol–water partition coefficient (Wildman–Crippen LogP) is 1.68. The first-order chi connectivity index (χ1) is 11.2. The van der Waals surface area contributed by atoms with Crippen LogP contribution in [0, 0.1) is 6.92 Å². The third kappa shape index (κ3) is 4.34. The van der Waals surface area contributed by atoms with Crippen LogP contribution >= 0.6 is 11.6 Å². The number of rotatable bonds is 5.